The van der Waals surface area contributed by atoms with Gasteiger partial charge in [-0.05, 0) is 37.5 Å². The summed E-state index contributed by atoms with van der Waals surface area (Å²) in [4.78, 5) is 17.9. The fourth-order valence-corrected chi connectivity index (χ4v) is 4.64. The molecule has 1 N–H and O–H groups in total. The molecule has 0 aromatic heterocycles. The summed E-state index contributed by atoms with van der Waals surface area (Å²) in [7, 11) is 0. The molecular formula is C20H24N4OS. The van der Waals surface area contributed by atoms with Crippen LogP contribution in [0.1, 0.15) is 33.6 Å². The summed E-state index contributed by atoms with van der Waals surface area (Å²) in [5, 5.41) is 12.0. The van der Waals surface area contributed by atoms with E-state index in [4.69, 9.17) is 10.1 Å². The van der Waals surface area contributed by atoms with Crippen molar-refractivity contribution in [2.45, 2.75) is 39.8 Å². The maximum atomic E-state index is 12.9. The van der Waals surface area contributed by atoms with Crippen molar-refractivity contribution in [3.05, 3.63) is 46.5 Å². The maximum absolute atomic E-state index is 12.9. The van der Waals surface area contributed by atoms with E-state index in [9.17, 15) is 4.79 Å². The van der Waals surface area contributed by atoms with Crippen LogP contribution in [0.5, 0.6) is 0 Å². The van der Waals surface area contributed by atoms with Crippen LogP contribution in [0.15, 0.2) is 46.0 Å². The Kier molecular flexibility index (Phi) is 4.61. The topological polar surface area (TPSA) is 57.1 Å². The van der Waals surface area contributed by atoms with Gasteiger partial charge < -0.3 is 0 Å². The quantitative estimate of drug-likeness (QED) is 0.814. The Labute approximate surface area is 157 Å². The van der Waals surface area contributed by atoms with Crippen molar-refractivity contribution in [1.82, 2.24) is 10.3 Å². The van der Waals surface area contributed by atoms with Gasteiger partial charge in [-0.3, -0.25) is 15.1 Å². The lowest BCUT2D eigenvalue weighted by Crippen LogP contribution is -2.55. The number of rotatable bonds is 2. The molecule has 26 heavy (non-hydrogen) atoms. The Morgan fingerprint density at radius 1 is 1.35 bits per heavy atom. The first-order valence-electron chi connectivity index (χ1n) is 9.23. The zero-order valence-corrected chi connectivity index (χ0v) is 16.2. The molecule has 0 spiro atoms. The van der Waals surface area contributed by atoms with Gasteiger partial charge in [0, 0.05) is 11.1 Å². The second kappa shape index (κ2) is 6.91. The van der Waals surface area contributed by atoms with E-state index in [1.54, 1.807) is 11.8 Å². The van der Waals surface area contributed by atoms with E-state index >= 15 is 0 Å². The van der Waals surface area contributed by atoms with Crippen LogP contribution >= 0.6 is 11.8 Å². The summed E-state index contributed by atoms with van der Waals surface area (Å²) >= 11 is 1.55. The number of hydrogen-bond donors (Lipinski definition) is 1. The first-order chi connectivity index (χ1) is 12.6. The number of nitrogens with one attached hydrogen (secondary N) is 1. The molecule has 0 saturated carbocycles. The monoisotopic (exact) mass is 368 g/mol. The molecule has 0 saturated heterocycles. The zero-order chi connectivity index (χ0) is 18.3. The van der Waals surface area contributed by atoms with Crippen molar-refractivity contribution in [2.75, 3.05) is 5.75 Å². The van der Waals surface area contributed by atoms with Crippen molar-refractivity contribution >= 4 is 28.5 Å². The molecule has 2 aliphatic heterocycles. The van der Waals surface area contributed by atoms with Gasteiger partial charge in [-0.2, -0.15) is 0 Å². The summed E-state index contributed by atoms with van der Waals surface area (Å²) < 4.78 is 0. The average molecular weight is 369 g/mol. The van der Waals surface area contributed by atoms with E-state index in [0.717, 1.165) is 29.2 Å². The molecule has 6 heteroatoms. The number of hydrogen-bond acceptors (Lipinski definition) is 5. The third kappa shape index (κ3) is 2.96. The molecule has 5 nitrogen and oxygen atoms in total. The standard InChI is InChI=1S/C20H24N4OS/c1-4-26-20-22-19(25)17-15-7-5-6-8-16(15)21-18(24(17)23-20)14-10-9-12(2)11-13(14)3/h5-9,13-14,18H,4,10-11H2,1-3H3,(H,22,23,25)/t13-,14+,18+/m1/s1. The molecule has 1 aliphatic carbocycles. The molecule has 0 unspecified atom stereocenters. The summed E-state index contributed by atoms with van der Waals surface area (Å²) in [6.45, 7) is 6.54. The van der Waals surface area contributed by atoms with Crippen molar-refractivity contribution in [1.29, 1.82) is 0 Å². The van der Waals surface area contributed by atoms with E-state index < -0.39 is 0 Å². The summed E-state index contributed by atoms with van der Waals surface area (Å²) in [5.41, 5.74) is 2.07. The fourth-order valence-electron chi connectivity index (χ4n) is 4.06. The van der Waals surface area contributed by atoms with Crippen LogP contribution in [0.25, 0.3) is 5.70 Å². The van der Waals surface area contributed by atoms with E-state index in [-0.39, 0.29) is 12.1 Å². The number of carbonyl (C=O) groups is 1. The number of allylic oxidation sites excluding steroid dienone is 2. The van der Waals surface area contributed by atoms with Crippen molar-refractivity contribution in [3.8, 4) is 0 Å². The highest BCUT2D eigenvalue weighted by Crippen LogP contribution is 2.36. The second-order valence-electron chi connectivity index (χ2n) is 7.18. The van der Waals surface area contributed by atoms with E-state index in [1.165, 1.54) is 5.57 Å². The number of hydrazone groups is 1. The van der Waals surface area contributed by atoms with Gasteiger partial charge in [0.15, 0.2) is 5.17 Å². The number of fused-ring (bicyclic) bond motifs is 2. The highest BCUT2D eigenvalue weighted by Gasteiger charge is 2.39. The third-order valence-electron chi connectivity index (χ3n) is 5.32. The smallest absolute Gasteiger partial charge is 0.276 e. The SMILES string of the molecule is CCSC1=NN2C(=c3ccccc3=N[C@@H]2[C@H]2CC=C(C)C[C@H]2C)C(=O)N1. The van der Waals surface area contributed by atoms with Crippen LogP contribution in [-0.2, 0) is 4.79 Å². The van der Waals surface area contributed by atoms with Gasteiger partial charge in [0.1, 0.15) is 11.9 Å². The van der Waals surface area contributed by atoms with E-state index in [2.05, 4.69) is 32.2 Å². The van der Waals surface area contributed by atoms with Crippen molar-refractivity contribution in [3.63, 3.8) is 0 Å². The molecular weight excluding hydrogens is 344 g/mol. The number of amides is 1. The summed E-state index contributed by atoms with van der Waals surface area (Å²) in [6.07, 6.45) is 4.22. The molecule has 3 atom stereocenters. The minimum atomic E-state index is -0.141. The summed E-state index contributed by atoms with van der Waals surface area (Å²) in [5.74, 6) is 1.62. The van der Waals surface area contributed by atoms with Crippen LogP contribution in [-0.4, -0.2) is 28.0 Å². The molecule has 0 radical (unpaired) electrons. The number of carbonyl (C=O) groups excluding carboxylic acids is 1. The molecule has 0 fully saturated rings. The number of nitrogens with zero attached hydrogens (tertiary/aromatic N) is 3. The number of thioether (sulfide) groups is 1. The first kappa shape index (κ1) is 17.3. The molecule has 3 aliphatic rings. The van der Waals surface area contributed by atoms with E-state index in [0.29, 0.717) is 22.7 Å². The highest BCUT2D eigenvalue weighted by atomic mass is 32.2. The van der Waals surface area contributed by atoms with Crippen LogP contribution in [0.3, 0.4) is 0 Å². The predicted octanol–water partition coefficient (Wildman–Crippen LogP) is 2.20. The lowest BCUT2D eigenvalue weighted by Gasteiger charge is -2.40. The average Bonchev–Trinajstić information content (AvgIpc) is 2.61. The van der Waals surface area contributed by atoms with Gasteiger partial charge in [-0.1, -0.05) is 55.5 Å². The Balaban J connectivity index is 1.86. The molecule has 0 bridgehead atoms. The van der Waals surface area contributed by atoms with Gasteiger partial charge in [0.2, 0.25) is 0 Å². The van der Waals surface area contributed by atoms with Crippen LogP contribution in [0.2, 0.25) is 0 Å². The lowest BCUT2D eigenvalue weighted by molar-refractivity contribution is -0.116. The number of para-hydroxylation sites is 1. The third-order valence-corrected chi connectivity index (χ3v) is 6.07. The zero-order valence-electron chi connectivity index (χ0n) is 15.4. The molecule has 1 aromatic carbocycles. The van der Waals surface area contributed by atoms with Gasteiger partial charge >= 0.3 is 0 Å². The second-order valence-corrected chi connectivity index (χ2v) is 8.43. The lowest BCUT2D eigenvalue weighted by atomic mass is 9.79. The summed E-state index contributed by atoms with van der Waals surface area (Å²) in [6, 6.07) is 7.88. The first-order valence-corrected chi connectivity index (χ1v) is 10.2. The highest BCUT2D eigenvalue weighted by molar-refractivity contribution is 8.13. The number of benzene rings is 1. The van der Waals surface area contributed by atoms with Crippen LogP contribution in [0.4, 0.5) is 0 Å². The predicted molar refractivity (Wildman–Crippen MR) is 106 cm³/mol. The molecule has 136 valence electrons. The molecule has 1 aromatic rings. The normalized spacial score (nSPS) is 27.7. The van der Waals surface area contributed by atoms with Gasteiger partial charge in [-0.25, -0.2) is 5.01 Å². The van der Waals surface area contributed by atoms with Gasteiger partial charge in [-0.15, -0.1) is 5.10 Å². The molecule has 2 heterocycles. The van der Waals surface area contributed by atoms with E-state index in [1.807, 2.05) is 29.3 Å². The van der Waals surface area contributed by atoms with Gasteiger partial charge in [0.25, 0.3) is 5.91 Å². The largest absolute Gasteiger partial charge is 0.298 e. The Morgan fingerprint density at radius 3 is 2.92 bits per heavy atom. The van der Waals surface area contributed by atoms with Crippen molar-refractivity contribution < 1.29 is 4.79 Å². The minimum Gasteiger partial charge on any atom is -0.298 e. The van der Waals surface area contributed by atoms with Gasteiger partial charge in [0.05, 0.1) is 5.36 Å². The molecule has 4 rings (SSSR count). The number of amidine groups is 1. The molecule has 1 amide bonds. The maximum Gasteiger partial charge on any atom is 0.276 e. The Morgan fingerprint density at radius 2 is 2.15 bits per heavy atom. The Bertz CT molecular complexity index is 920. The fraction of sp³-hybridized carbons (Fsp3) is 0.450. The Hall–Kier alpha value is -2.08. The minimum absolute atomic E-state index is 0.0847. The van der Waals surface area contributed by atoms with Crippen molar-refractivity contribution in [2.24, 2.45) is 21.9 Å². The van der Waals surface area contributed by atoms with Crippen LogP contribution in [0, 0.1) is 11.8 Å². The van der Waals surface area contributed by atoms with Crippen LogP contribution < -0.4 is 15.9 Å².